The number of aryl methyl sites for hydroxylation is 2. The first-order valence-corrected chi connectivity index (χ1v) is 11.0. The lowest BCUT2D eigenvalue weighted by molar-refractivity contribution is -0.0129. The molecule has 1 aromatic rings. The van der Waals surface area contributed by atoms with Crippen LogP contribution in [-0.2, 0) is 21.3 Å². The summed E-state index contributed by atoms with van der Waals surface area (Å²) in [5.74, 6) is 0. The summed E-state index contributed by atoms with van der Waals surface area (Å²) in [5, 5.41) is 13.7. The second kappa shape index (κ2) is 8.39. The molecule has 0 unspecified atom stereocenters. The van der Waals surface area contributed by atoms with Crippen molar-refractivity contribution >= 4 is 16.2 Å². The molecule has 0 spiro atoms. The molecule has 1 aliphatic carbocycles. The molecule has 28 heavy (non-hydrogen) atoms. The monoisotopic (exact) mass is 413 g/mol. The van der Waals surface area contributed by atoms with Crippen molar-refractivity contribution < 1.29 is 27.6 Å². The highest BCUT2D eigenvalue weighted by Crippen LogP contribution is 2.33. The van der Waals surface area contributed by atoms with Crippen LogP contribution in [0.2, 0.25) is 0 Å². The molecule has 0 bridgehead atoms. The van der Waals surface area contributed by atoms with Gasteiger partial charge in [-0.05, 0) is 77.8 Å². The second-order valence-corrected chi connectivity index (χ2v) is 10.1. The van der Waals surface area contributed by atoms with Crippen molar-refractivity contribution in [3.05, 3.63) is 29.3 Å². The molecular formula is C20H31NO6S. The number of rotatable bonds is 5. The van der Waals surface area contributed by atoms with Crippen molar-refractivity contribution in [1.29, 1.82) is 0 Å². The van der Waals surface area contributed by atoms with Crippen molar-refractivity contribution in [2.45, 2.75) is 88.4 Å². The van der Waals surface area contributed by atoms with Crippen LogP contribution < -0.4 is 5.32 Å². The van der Waals surface area contributed by atoms with Gasteiger partial charge in [0.1, 0.15) is 5.60 Å². The number of alkyl carbamates (subject to hydrolysis) is 1. The molecule has 1 saturated carbocycles. The molecule has 0 radical (unpaired) electrons. The van der Waals surface area contributed by atoms with Crippen LogP contribution in [0.4, 0.5) is 4.79 Å². The van der Waals surface area contributed by atoms with E-state index in [4.69, 9.17) is 4.74 Å². The van der Waals surface area contributed by atoms with Crippen LogP contribution in [0.5, 0.6) is 0 Å². The normalized spacial score (nSPS) is 23.3. The lowest BCUT2D eigenvalue weighted by Crippen LogP contribution is -2.45. The summed E-state index contributed by atoms with van der Waals surface area (Å²) in [6.45, 7) is 7.26. The van der Waals surface area contributed by atoms with E-state index in [1.165, 1.54) is 6.07 Å². The van der Waals surface area contributed by atoms with Crippen LogP contribution in [0, 0.1) is 6.92 Å². The predicted octanol–water partition coefficient (Wildman–Crippen LogP) is 3.37. The van der Waals surface area contributed by atoms with E-state index in [-0.39, 0.29) is 10.9 Å². The summed E-state index contributed by atoms with van der Waals surface area (Å²) in [5.41, 5.74) is -0.0886. The SMILES string of the molecule is Cc1ccc(S(=O)(=O)O)c(CCC2(O)CCC(NC(=O)OC(C)(C)C)CC2)c1. The first-order chi connectivity index (χ1) is 12.8. The first kappa shape index (κ1) is 22.6. The van der Waals surface area contributed by atoms with E-state index in [0.717, 1.165) is 5.56 Å². The van der Waals surface area contributed by atoms with E-state index in [0.29, 0.717) is 44.1 Å². The van der Waals surface area contributed by atoms with Gasteiger partial charge in [-0.15, -0.1) is 0 Å². The van der Waals surface area contributed by atoms with E-state index < -0.39 is 27.4 Å². The Morgan fingerprint density at radius 3 is 2.43 bits per heavy atom. The average Bonchev–Trinajstić information content (AvgIpc) is 2.53. The van der Waals surface area contributed by atoms with Crippen LogP contribution in [0.15, 0.2) is 23.1 Å². The van der Waals surface area contributed by atoms with Gasteiger partial charge >= 0.3 is 6.09 Å². The standard InChI is InChI=1S/C20H31NO6S/c1-14-5-6-17(28(24,25)26)15(13-14)7-10-20(23)11-8-16(9-12-20)21-18(22)27-19(2,3)4/h5-6,13,16,23H,7-12H2,1-4H3,(H,21,22)(H,24,25,26). The summed E-state index contributed by atoms with van der Waals surface area (Å²) < 4.78 is 37.8. The van der Waals surface area contributed by atoms with E-state index in [2.05, 4.69) is 5.32 Å². The van der Waals surface area contributed by atoms with Gasteiger partial charge in [-0.25, -0.2) is 4.79 Å². The minimum absolute atomic E-state index is 0.0533. The van der Waals surface area contributed by atoms with E-state index >= 15 is 0 Å². The molecule has 1 fully saturated rings. The van der Waals surface area contributed by atoms with Crippen LogP contribution >= 0.6 is 0 Å². The van der Waals surface area contributed by atoms with Crippen LogP contribution in [0.3, 0.4) is 0 Å². The predicted molar refractivity (Wildman–Crippen MR) is 106 cm³/mol. The number of benzene rings is 1. The largest absolute Gasteiger partial charge is 0.444 e. The summed E-state index contributed by atoms with van der Waals surface area (Å²) in [6, 6.07) is 4.70. The minimum Gasteiger partial charge on any atom is -0.444 e. The average molecular weight is 414 g/mol. The van der Waals surface area contributed by atoms with E-state index in [1.807, 2.05) is 6.92 Å². The Morgan fingerprint density at radius 1 is 1.29 bits per heavy atom. The van der Waals surface area contributed by atoms with Gasteiger partial charge in [-0.1, -0.05) is 17.7 Å². The first-order valence-electron chi connectivity index (χ1n) is 9.56. The molecule has 0 aliphatic heterocycles. The van der Waals surface area contributed by atoms with Gasteiger partial charge < -0.3 is 15.2 Å². The highest BCUT2D eigenvalue weighted by molar-refractivity contribution is 7.85. The summed E-state index contributed by atoms with van der Waals surface area (Å²) in [6.07, 6.45) is 2.51. The Kier molecular flexibility index (Phi) is 6.78. The zero-order chi connectivity index (χ0) is 21.2. The molecule has 158 valence electrons. The molecule has 0 atom stereocenters. The van der Waals surface area contributed by atoms with Crippen molar-refractivity contribution in [3.63, 3.8) is 0 Å². The Labute approximate surface area is 167 Å². The molecule has 8 heteroatoms. The number of ether oxygens (including phenoxy) is 1. The van der Waals surface area contributed by atoms with Crippen molar-refractivity contribution in [2.24, 2.45) is 0 Å². The van der Waals surface area contributed by atoms with E-state index in [1.54, 1.807) is 32.9 Å². The van der Waals surface area contributed by atoms with Gasteiger partial charge in [0.2, 0.25) is 0 Å². The zero-order valence-corrected chi connectivity index (χ0v) is 17.8. The third-order valence-electron chi connectivity index (χ3n) is 4.99. The molecule has 0 heterocycles. The number of nitrogens with one attached hydrogen (secondary N) is 1. The fourth-order valence-corrected chi connectivity index (χ4v) is 4.28. The minimum atomic E-state index is -4.30. The zero-order valence-electron chi connectivity index (χ0n) is 17.0. The van der Waals surface area contributed by atoms with Crippen molar-refractivity contribution in [3.8, 4) is 0 Å². The Hall–Kier alpha value is -1.64. The third-order valence-corrected chi connectivity index (χ3v) is 5.94. The molecule has 1 amide bonds. The lowest BCUT2D eigenvalue weighted by atomic mass is 9.79. The number of hydrogen-bond acceptors (Lipinski definition) is 5. The Balaban J connectivity index is 1.94. The highest BCUT2D eigenvalue weighted by Gasteiger charge is 2.34. The summed E-state index contributed by atoms with van der Waals surface area (Å²) in [7, 11) is -4.30. The van der Waals surface area contributed by atoms with Crippen LogP contribution in [-0.4, -0.2) is 41.4 Å². The van der Waals surface area contributed by atoms with Gasteiger partial charge in [0.15, 0.2) is 0 Å². The molecule has 7 nitrogen and oxygen atoms in total. The Bertz CT molecular complexity index is 804. The van der Waals surface area contributed by atoms with E-state index in [9.17, 15) is 22.9 Å². The van der Waals surface area contributed by atoms with Gasteiger partial charge in [-0.2, -0.15) is 8.42 Å². The van der Waals surface area contributed by atoms with Gasteiger partial charge in [0.25, 0.3) is 10.1 Å². The number of aliphatic hydroxyl groups is 1. The number of carbonyl (C=O) groups is 1. The molecule has 1 aromatic carbocycles. The quantitative estimate of drug-likeness (QED) is 0.638. The second-order valence-electron chi connectivity index (χ2n) is 8.73. The van der Waals surface area contributed by atoms with Crippen molar-refractivity contribution in [1.82, 2.24) is 5.32 Å². The molecule has 1 aliphatic rings. The third kappa shape index (κ3) is 6.76. The van der Waals surface area contributed by atoms with Crippen LogP contribution in [0.1, 0.15) is 64.0 Å². The maximum absolute atomic E-state index is 11.9. The van der Waals surface area contributed by atoms with Gasteiger partial charge in [-0.3, -0.25) is 4.55 Å². The Morgan fingerprint density at radius 2 is 1.89 bits per heavy atom. The fraction of sp³-hybridized carbons (Fsp3) is 0.650. The number of hydrogen-bond donors (Lipinski definition) is 3. The molecule has 3 N–H and O–H groups in total. The van der Waals surface area contributed by atoms with Gasteiger partial charge in [0, 0.05) is 6.04 Å². The molecule has 0 saturated heterocycles. The fourth-order valence-electron chi connectivity index (χ4n) is 3.55. The molecular weight excluding hydrogens is 382 g/mol. The van der Waals surface area contributed by atoms with Crippen molar-refractivity contribution in [2.75, 3.05) is 0 Å². The smallest absolute Gasteiger partial charge is 0.407 e. The summed E-state index contributed by atoms with van der Waals surface area (Å²) >= 11 is 0. The lowest BCUT2D eigenvalue weighted by Gasteiger charge is -2.36. The number of amides is 1. The van der Waals surface area contributed by atoms with Gasteiger partial charge in [0.05, 0.1) is 10.5 Å². The molecule has 2 rings (SSSR count). The summed E-state index contributed by atoms with van der Waals surface area (Å²) in [4.78, 5) is 11.8. The topological polar surface area (TPSA) is 113 Å². The maximum atomic E-state index is 11.9. The van der Waals surface area contributed by atoms with Crippen LogP contribution in [0.25, 0.3) is 0 Å². The highest BCUT2D eigenvalue weighted by atomic mass is 32.2. The number of carbonyl (C=O) groups excluding carboxylic acids is 1. The molecule has 0 aromatic heterocycles. The maximum Gasteiger partial charge on any atom is 0.407 e.